The van der Waals surface area contributed by atoms with Crippen molar-refractivity contribution in [3.05, 3.63) is 54.4 Å². The summed E-state index contributed by atoms with van der Waals surface area (Å²) in [4.78, 5) is 17.4. The lowest BCUT2D eigenvalue weighted by molar-refractivity contribution is -0.127. The lowest BCUT2D eigenvalue weighted by Crippen LogP contribution is -2.55. The Morgan fingerprint density at radius 1 is 1.19 bits per heavy atom. The highest BCUT2D eigenvalue weighted by Gasteiger charge is 2.39. The molecule has 1 amide bonds. The molecule has 5 nitrogen and oxygen atoms in total. The van der Waals surface area contributed by atoms with Gasteiger partial charge in [0, 0.05) is 24.1 Å². The number of nitrogens with zero attached hydrogens (tertiary/aromatic N) is 1. The predicted molar refractivity (Wildman–Crippen MR) is 108 cm³/mol. The number of anilines is 1. The van der Waals surface area contributed by atoms with Crippen molar-refractivity contribution >= 4 is 11.6 Å². The highest BCUT2D eigenvalue weighted by molar-refractivity contribution is 5.89. The van der Waals surface area contributed by atoms with Crippen molar-refractivity contribution in [2.45, 2.75) is 57.0 Å². The Bertz CT molecular complexity index is 725. The molecule has 1 fully saturated rings. The molecular weight excluding hydrogens is 338 g/mol. The average Bonchev–Trinajstić information content (AvgIpc) is 2.70. The SMILES string of the molecule is COc1ccc(NC2(C(=O)NC(C)Cc3cccnc3)CCCCC2)cc1. The largest absolute Gasteiger partial charge is 0.497 e. The van der Waals surface area contributed by atoms with Gasteiger partial charge < -0.3 is 15.4 Å². The van der Waals surface area contributed by atoms with E-state index in [1.165, 1.54) is 6.42 Å². The van der Waals surface area contributed by atoms with E-state index in [0.29, 0.717) is 0 Å². The van der Waals surface area contributed by atoms with Crippen molar-refractivity contribution in [3.8, 4) is 5.75 Å². The molecule has 5 heteroatoms. The first-order valence-electron chi connectivity index (χ1n) is 9.73. The number of benzene rings is 1. The molecular formula is C22H29N3O2. The second-order valence-electron chi connectivity index (χ2n) is 7.44. The quantitative estimate of drug-likeness (QED) is 0.778. The highest BCUT2D eigenvalue weighted by Crippen LogP contribution is 2.32. The third-order valence-electron chi connectivity index (χ3n) is 5.26. The number of rotatable bonds is 7. The molecule has 27 heavy (non-hydrogen) atoms. The number of methoxy groups -OCH3 is 1. The molecule has 0 spiro atoms. The smallest absolute Gasteiger partial charge is 0.245 e. The van der Waals surface area contributed by atoms with Crippen molar-refractivity contribution in [2.75, 3.05) is 12.4 Å². The summed E-state index contributed by atoms with van der Waals surface area (Å²) in [7, 11) is 1.65. The molecule has 1 saturated carbocycles. The van der Waals surface area contributed by atoms with Gasteiger partial charge in [-0.2, -0.15) is 0 Å². The van der Waals surface area contributed by atoms with Gasteiger partial charge >= 0.3 is 0 Å². The van der Waals surface area contributed by atoms with Gasteiger partial charge in [0.15, 0.2) is 0 Å². The zero-order valence-corrected chi connectivity index (χ0v) is 16.2. The molecule has 1 aliphatic rings. The van der Waals surface area contributed by atoms with Crippen LogP contribution in [0.2, 0.25) is 0 Å². The molecule has 1 aromatic heterocycles. The van der Waals surface area contributed by atoms with Crippen molar-refractivity contribution in [1.82, 2.24) is 10.3 Å². The standard InChI is InChI=1S/C22H29N3O2/c1-17(15-18-7-6-14-23-16-18)24-21(26)22(12-4-3-5-13-22)25-19-8-10-20(27-2)11-9-19/h6-11,14,16-17,25H,3-5,12-13,15H2,1-2H3,(H,24,26). The summed E-state index contributed by atoms with van der Waals surface area (Å²) in [5.74, 6) is 0.905. The van der Waals surface area contributed by atoms with Crippen LogP contribution < -0.4 is 15.4 Å². The molecule has 144 valence electrons. The summed E-state index contributed by atoms with van der Waals surface area (Å²) in [6, 6.07) is 11.8. The third-order valence-corrected chi connectivity index (χ3v) is 5.26. The maximum absolute atomic E-state index is 13.2. The Hall–Kier alpha value is -2.56. The summed E-state index contributed by atoms with van der Waals surface area (Å²) in [5.41, 5.74) is 1.54. The third kappa shape index (κ3) is 5.00. The molecule has 0 bridgehead atoms. The lowest BCUT2D eigenvalue weighted by Gasteiger charge is -2.38. The number of pyridine rings is 1. The number of ether oxygens (including phenoxy) is 1. The van der Waals surface area contributed by atoms with Crippen LogP contribution in [-0.2, 0) is 11.2 Å². The van der Waals surface area contributed by atoms with Crippen LogP contribution in [0.1, 0.15) is 44.6 Å². The molecule has 1 atom stereocenters. The fourth-order valence-corrected chi connectivity index (χ4v) is 3.80. The summed E-state index contributed by atoms with van der Waals surface area (Å²) in [6.07, 6.45) is 9.41. The second kappa shape index (κ2) is 8.89. The van der Waals surface area contributed by atoms with Crippen molar-refractivity contribution in [1.29, 1.82) is 0 Å². The fraction of sp³-hybridized carbons (Fsp3) is 0.455. The van der Waals surface area contributed by atoms with E-state index >= 15 is 0 Å². The van der Waals surface area contributed by atoms with Crippen LogP contribution in [0.4, 0.5) is 5.69 Å². The van der Waals surface area contributed by atoms with Gasteiger partial charge in [-0.3, -0.25) is 9.78 Å². The van der Waals surface area contributed by atoms with Gasteiger partial charge in [-0.05, 0) is 62.1 Å². The minimum Gasteiger partial charge on any atom is -0.497 e. The average molecular weight is 367 g/mol. The van der Waals surface area contributed by atoms with Crippen molar-refractivity contribution in [2.24, 2.45) is 0 Å². The Kier molecular flexibility index (Phi) is 6.32. The molecule has 2 aromatic rings. The van der Waals surface area contributed by atoms with Gasteiger partial charge in [0.05, 0.1) is 7.11 Å². The molecule has 3 rings (SSSR count). The van der Waals surface area contributed by atoms with Crippen molar-refractivity contribution in [3.63, 3.8) is 0 Å². The predicted octanol–water partition coefficient (Wildman–Crippen LogP) is 3.95. The number of nitrogens with one attached hydrogen (secondary N) is 2. The van der Waals surface area contributed by atoms with E-state index in [9.17, 15) is 4.79 Å². The normalized spacial score (nSPS) is 17.0. The van der Waals surface area contributed by atoms with Gasteiger partial charge in [-0.1, -0.05) is 25.3 Å². The van der Waals surface area contributed by atoms with Gasteiger partial charge in [0.2, 0.25) is 5.91 Å². The van der Waals surface area contributed by atoms with E-state index in [2.05, 4.69) is 22.5 Å². The highest BCUT2D eigenvalue weighted by atomic mass is 16.5. The van der Waals surface area contributed by atoms with Gasteiger partial charge in [0.1, 0.15) is 11.3 Å². The van der Waals surface area contributed by atoms with Crippen LogP contribution in [0.3, 0.4) is 0 Å². The first-order chi connectivity index (χ1) is 13.1. The van der Waals surface area contributed by atoms with Crippen LogP contribution >= 0.6 is 0 Å². The van der Waals surface area contributed by atoms with E-state index in [4.69, 9.17) is 4.74 Å². The number of amides is 1. The first kappa shape index (κ1) is 19.2. The summed E-state index contributed by atoms with van der Waals surface area (Å²) >= 11 is 0. The Balaban J connectivity index is 1.69. The molecule has 2 N–H and O–H groups in total. The van der Waals surface area contributed by atoms with Crippen molar-refractivity contribution < 1.29 is 9.53 Å². The van der Waals surface area contributed by atoms with E-state index in [1.807, 2.05) is 42.6 Å². The van der Waals surface area contributed by atoms with Crippen LogP contribution in [0.5, 0.6) is 5.75 Å². The summed E-state index contributed by atoms with van der Waals surface area (Å²) < 4.78 is 5.23. The first-order valence-corrected chi connectivity index (χ1v) is 9.73. The minimum absolute atomic E-state index is 0.0539. The molecule has 0 saturated heterocycles. The molecule has 1 unspecified atom stereocenters. The number of carbonyl (C=O) groups is 1. The Morgan fingerprint density at radius 2 is 1.93 bits per heavy atom. The van der Waals surface area contributed by atoms with E-state index < -0.39 is 5.54 Å². The van der Waals surface area contributed by atoms with Gasteiger partial charge in [-0.25, -0.2) is 0 Å². The Labute approximate surface area is 161 Å². The number of hydrogen-bond donors (Lipinski definition) is 2. The van der Waals surface area contributed by atoms with Crippen LogP contribution in [0.25, 0.3) is 0 Å². The molecule has 0 radical (unpaired) electrons. The zero-order valence-electron chi connectivity index (χ0n) is 16.2. The van der Waals surface area contributed by atoms with Crippen LogP contribution in [0, 0.1) is 0 Å². The second-order valence-corrected chi connectivity index (χ2v) is 7.44. The van der Waals surface area contributed by atoms with Crippen LogP contribution in [0.15, 0.2) is 48.8 Å². The maximum Gasteiger partial charge on any atom is 0.245 e. The van der Waals surface area contributed by atoms with E-state index in [0.717, 1.165) is 49.1 Å². The fourth-order valence-electron chi connectivity index (χ4n) is 3.80. The zero-order chi connectivity index (χ0) is 19.1. The molecule has 1 aromatic carbocycles. The number of aromatic nitrogens is 1. The number of carbonyl (C=O) groups excluding carboxylic acids is 1. The number of hydrogen-bond acceptors (Lipinski definition) is 4. The van der Waals surface area contributed by atoms with Crippen LogP contribution in [-0.4, -0.2) is 29.6 Å². The summed E-state index contributed by atoms with van der Waals surface area (Å²) in [5, 5.41) is 6.76. The van der Waals surface area contributed by atoms with E-state index in [-0.39, 0.29) is 11.9 Å². The van der Waals surface area contributed by atoms with Gasteiger partial charge in [0.25, 0.3) is 0 Å². The van der Waals surface area contributed by atoms with E-state index in [1.54, 1.807) is 13.3 Å². The summed E-state index contributed by atoms with van der Waals surface area (Å²) in [6.45, 7) is 2.05. The van der Waals surface area contributed by atoms with Gasteiger partial charge in [-0.15, -0.1) is 0 Å². The topological polar surface area (TPSA) is 63.2 Å². The molecule has 1 heterocycles. The monoisotopic (exact) mass is 367 g/mol. The minimum atomic E-state index is -0.546. The molecule has 0 aliphatic heterocycles. The lowest BCUT2D eigenvalue weighted by atomic mass is 9.80. The molecule has 1 aliphatic carbocycles. The maximum atomic E-state index is 13.2. The Morgan fingerprint density at radius 3 is 2.56 bits per heavy atom.